The number of rotatable bonds is 5. The molecule has 0 radical (unpaired) electrons. The van der Waals surface area contributed by atoms with Crippen molar-refractivity contribution in [2.24, 2.45) is 5.73 Å². The average Bonchev–Trinajstić information content (AvgIpc) is 2.25. The van der Waals surface area contributed by atoms with Crippen LogP contribution in [0.15, 0.2) is 22.7 Å². The summed E-state index contributed by atoms with van der Waals surface area (Å²) in [5.74, 6) is 1.09. The van der Waals surface area contributed by atoms with Gasteiger partial charge in [0.15, 0.2) is 0 Å². The molecule has 1 aromatic rings. The van der Waals surface area contributed by atoms with Gasteiger partial charge in [-0.1, -0.05) is 28.1 Å². The Labute approximate surface area is 115 Å². The third kappa shape index (κ3) is 3.64. The van der Waals surface area contributed by atoms with Crippen LogP contribution in [0.4, 0.5) is 5.69 Å². The van der Waals surface area contributed by atoms with Gasteiger partial charge in [-0.15, -0.1) is 0 Å². The van der Waals surface area contributed by atoms with E-state index in [1.165, 1.54) is 0 Å². The summed E-state index contributed by atoms with van der Waals surface area (Å²) < 4.78 is 0.998. The Morgan fingerprint density at radius 1 is 1.56 bits per heavy atom. The predicted molar refractivity (Wildman–Crippen MR) is 81.7 cm³/mol. The van der Waals surface area contributed by atoms with Gasteiger partial charge in [-0.2, -0.15) is 11.8 Å². The quantitative estimate of drug-likeness (QED) is 0.845. The Hall–Kier alpha value is -0.260. The Bertz CT molecular complexity index is 382. The number of halogens is 1. The molecule has 0 aromatic heterocycles. The molecule has 0 spiro atoms. The van der Waals surface area contributed by atoms with Crippen LogP contribution in [0.5, 0.6) is 0 Å². The maximum Gasteiger partial charge on any atom is 0.106 e. The molecule has 16 heavy (non-hydrogen) atoms. The van der Waals surface area contributed by atoms with Crippen LogP contribution in [0.3, 0.4) is 0 Å². The third-order valence-electron chi connectivity index (χ3n) is 2.27. The summed E-state index contributed by atoms with van der Waals surface area (Å²) in [5, 5.41) is 0. The van der Waals surface area contributed by atoms with Gasteiger partial charge < -0.3 is 10.6 Å². The maximum atomic E-state index is 5.73. The van der Waals surface area contributed by atoms with Crippen LogP contribution in [-0.4, -0.2) is 30.6 Å². The second-order valence-electron chi connectivity index (χ2n) is 3.44. The number of hydrogen-bond donors (Lipinski definition) is 1. The first kappa shape index (κ1) is 13.8. The van der Waals surface area contributed by atoms with E-state index in [9.17, 15) is 0 Å². The lowest BCUT2D eigenvalue weighted by Gasteiger charge is -2.22. The third-order valence-corrected chi connectivity index (χ3v) is 3.57. The molecule has 88 valence electrons. The van der Waals surface area contributed by atoms with Crippen LogP contribution in [0.25, 0.3) is 0 Å². The van der Waals surface area contributed by atoms with Crippen molar-refractivity contribution < 1.29 is 0 Å². The van der Waals surface area contributed by atoms with Gasteiger partial charge in [0.1, 0.15) is 4.99 Å². The number of thiocarbonyl (C=S) groups is 1. The van der Waals surface area contributed by atoms with Crippen LogP contribution in [0.1, 0.15) is 5.56 Å². The molecule has 0 amide bonds. The summed E-state index contributed by atoms with van der Waals surface area (Å²) in [6.45, 7) is 0.985. The summed E-state index contributed by atoms with van der Waals surface area (Å²) in [7, 11) is 2.06. The number of thioether (sulfide) groups is 1. The average molecular weight is 319 g/mol. The maximum absolute atomic E-state index is 5.73. The fraction of sp³-hybridized carbons (Fsp3) is 0.364. The predicted octanol–water partition coefficient (Wildman–Crippen LogP) is 2.88. The zero-order valence-electron chi connectivity index (χ0n) is 9.37. The van der Waals surface area contributed by atoms with Crippen molar-refractivity contribution in [3.63, 3.8) is 0 Å². The van der Waals surface area contributed by atoms with Crippen LogP contribution in [-0.2, 0) is 0 Å². The molecule has 2 N–H and O–H groups in total. The largest absolute Gasteiger partial charge is 0.389 e. The zero-order chi connectivity index (χ0) is 12.1. The molecule has 0 unspecified atom stereocenters. The first-order valence-electron chi connectivity index (χ1n) is 4.85. The first-order valence-corrected chi connectivity index (χ1v) is 7.45. The monoisotopic (exact) mass is 318 g/mol. The minimum atomic E-state index is 0.437. The van der Waals surface area contributed by atoms with E-state index < -0.39 is 0 Å². The van der Waals surface area contributed by atoms with Crippen molar-refractivity contribution in [1.29, 1.82) is 0 Å². The van der Waals surface area contributed by atoms with Crippen LogP contribution in [0, 0.1) is 0 Å². The van der Waals surface area contributed by atoms with Gasteiger partial charge in [0.05, 0.1) is 0 Å². The van der Waals surface area contributed by atoms with E-state index in [0.29, 0.717) is 4.99 Å². The lowest BCUT2D eigenvalue weighted by atomic mass is 10.1. The molecule has 5 heteroatoms. The highest BCUT2D eigenvalue weighted by molar-refractivity contribution is 9.10. The summed E-state index contributed by atoms with van der Waals surface area (Å²) in [6.07, 6.45) is 2.10. The number of anilines is 1. The first-order chi connectivity index (χ1) is 7.56. The van der Waals surface area contributed by atoms with Crippen molar-refractivity contribution in [1.82, 2.24) is 0 Å². The van der Waals surface area contributed by atoms with Gasteiger partial charge >= 0.3 is 0 Å². The van der Waals surface area contributed by atoms with E-state index in [-0.39, 0.29) is 0 Å². The van der Waals surface area contributed by atoms with Crippen molar-refractivity contribution in [3.05, 3.63) is 28.2 Å². The molecule has 2 nitrogen and oxygen atoms in total. The second kappa shape index (κ2) is 6.47. The fourth-order valence-corrected chi connectivity index (χ4v) is 2.37. The number of hydrogen-bond acceptors (Lipinski definition) is 3. The van der Waals surface area contributed by atoms with Crippen molar-refractivity contribution in [3.8, 4) is 0 Å². The molecule has 0 aliphatic heterocycles. The summed E-state index contributed by atoms with van der Waals surface area (Å²) in [4.78, 5) is 2.62. The van der Waals surface area contributed by atoms with Crippen molar-refractivity contribution in [2.75, 3.05) is 30.5 Å². The van der Waals surface area contributed by atoms with Gasteiger partial charge in [0.2, 0.25) is 0 Å². The Balaban J connectivity index is 2.98. The van der Waals surface area contributed by atoms with E-state index in [4.69, 9.17) is 18.0 Å². The zero-order valence-corrected chi connectivity index (χ0v) is 12.6. The Morgan fingerprint density at radius 2 is 2.25 bits per heavy atom. The smallest absolute Gasteiger partial charge is 0.106 e. The number of benzene rings is 1. The highest BCUT2D eigenvalue weighted by atomic mass is 79.9. The Kier molecular flexibility index (Phi) is 5.58. The number of nitrogens with two attached hydrogens (primary N) is 1. The van der Waals surface area contributed by atoms with Gasteiger partial charge in [-0.25, -0.2) is 0 Å². The van der Waals surface area contributed by atoms with Gasteiger partial charge in [-0.05, 0) is 24.5 Å². The molecule has 0 bridgehead atoms. The minimum absolute atomic E-state index is 0.437. The fourth-order valence-electron chi connectivity index (χ4n) is 1.39. The van der Waals surface area contributed by atoms with Crippen LogP contribution in [0.2, 0.25) is 0 Å². The van der Waals surface area contributed by atoms with Crippen LogP contribution >= 0.6 is 39.9 Å². The van der Waals surface area contributed by atoms with E-state index in [0.717, 1.165) is 28.0 Å². The molecule has 0 heterocycles. The van der Waals surface area contributed by atoms with Gasteiger partial charge in [-0.3, -0.25) is 0 Å². The highest BCUT2D eigenvalue weighted by Crippen LogP contribution is 2.24. The normalized spacial score (nSPS) is 10.2. The SMILES string of the molecule is CSCCN(C)c1ccc(Br)cc1C(N)=S. The molecule has 0 saturated heterocycles. The molecular formula is C11H15BrN2S2. The Morgan fingerprint density at radius 3 is 2.81 bits per heavy atom. The molecule has 0 saturated carbocycles. The van der Waals surface area contributed by atoms with E-state index >= 15 is 0 Å². The topological polar surface area (TPSA) is 29.3 Å². The molecule has 0 aliphatic carbocycles. The minimum Gasteiger partial charge on any atom is -0.389 e. The molecular weight excluding hydrogens is 304 g/mol. The van der Waals surface area contributed by atoms with Crippen molar-refractivity contribution in [2.45, 2.75) is 0 Å². The number of nitrogens with zero attached hydrogens (tertiary/aromatic N) is 1. The molecule has 0 atom stereocenters. The van der Waals surface area contributed by atoms with Gasteiger partial charge in [0.25, 0.3) is 0 Å². The van der Waals surface area contributed by atoms with E-state index in [2.05, 4.69) is 34.1 Å². The van der Waals surface area contributed by atoms with Crippen molar-refractivity contribution >= 4 is 50.6 Å². The molecule has 0 fully saturated rings. The standard InChI is InChI=1S/C11H15BrN2S2/c1-14(5-6-16-2)10-4-3-8(12)7-9(10)11(13)15/h3-4,7H,5-6H2,1-2H3,(H2,13,15). The van der Waals surface area contributed by atoms with E-state index in [1.807, 2.05) is 30.0 Å². The molecule has 0 aliphatic rings. The van der Waals surface area contributed by atoms with Crippen LogP contribution < -0.4 is 10.6 Å². The lowest BCUT2D eigenvalue weighted by Crippen LogP contribution is -2.24. The molecule has 1 aromatic carbocycles. The van der Waals surface area contributed by atoms with Gasteiger partial charge in [0, 0.05) is 35.1 Å². The van der Waals surface area contributed by atoms with E-state index in [1.54, 1.807) is 0 Å². The highest BCUT2D eigenvalue weighted by Gasteiger charge is 2.09. The second-order valence-corrected chi connectivity index (χ2v) is 5.78. The molecule has 1 rings (SSSR count). The summed E-state index contributed by atoms with van der Waals surface area (Å²) in [5.41, 5.74) is 7.74. The summed E-state index contributed by atoms with van der Waals surface area (Å²) in [6, 6.07) is 6.01. The summed E-state index contributed by atoms with van der Waals surface area (Å²) >= 11 is 10.3. The lowest BCUT2D eigenvalue weighted by molar-refractivity contribution is 0.976.